The Bertz CT molecular complexity index is 266. The minimum absolute atomic E-state index is 0.252. The molecule has 0 bridgehead atoms. The van der Waals surface area contributed by atoms with Gasteiger partial charge in [0, 0.05) is 24.4 Å². The molecule has 0 atom stereocenters. The van der Waals surface area contributed by atoms with Crippen molar-refractivity contribution in [2.24, 2.45) is 5.92 Å². The maximum absolute atomic E-state index is 11.4. The predicted octanol–water partition coefficient (Wildman–Crippen LogP) is 2.99. The van der Waals surface area contributed by atoms with Crippen molar-refractivity contribution in [2.45, 2.75) is 47.0 Å². The van der Waals surface area contributed by atoms with Crippen LogP contribution in [0.4, 0.5) is 0 Å². The van der Waals surface area contributed by atoms with E-state index in [1.54, 1.807) is 6.92 Å². The number of rotatable bonds is 4. The zero-order valence-corrected chi connectivity index (χ0v) is 10.5. The summed E-state index contributed by atoms with van der Waals surface area (Å²) in [4.78, 5) is 13.8. The molecule has 1 aliphatic heterocycles. The Kier molecular flexibility index (Phi) is 4.37. The molecule has 0 fully saturated rings. The molecule has 0 aromatic heterocycles. The van der Waals surface area contributed by atoms with Crippen molar-refractivity contribution in [3.63, 3.8) is 0 Å². The molecule has 1 rings (SSSR count). The van der Waals surface area contributed by atoms with Crippen molar-refractivity contribution in [2.75, 3.05) is 13.1 Å². The van der Waals surface area contributed by atoms with Gasteiger partial charge in [0.1, 0.15) is 0 Å². The molecule has 0 unspecified atom stereocenters. The molecule has 0 spiro atoms. The van der Waals surface area contributed by atoms with Gasteiger partial charge < -0.3 is 4.90 Å². The van der Waals surface area contributed by atoms with Crippen LogP contribution < -0.4 is 0 Å². The van der Waals surface area contributed by atoms with Crippen molar-refractivity contribution < 1.29 is 4.79 Å². The average molecular weight is 209 g/mol. The molecule has 1 heterocycles. The first-order chi connectivity index (χ1) is 7.02. The van der Waals surface area contributed by atoms with Gasteiger partial charge in [-0.25, -0.2) is 0 Å². The molecule has 0 aromatic carbocycles. The lowest BCUT2D eigenvalue weighted by Gasteiger charge is -2.32. The van der Waals surface area contributed by atoms with E-state index in [-0.39, 0.29) is 5.78 Å². The summed E-state index contributed by atoms with van der Waals surface area (Å²) < 4.78 is 0. The van der Waals surface area contributed by atoms with E-state index in [0.717, 1.165) is 37.4 Å². The Morgan fingerprint density at radius 2 is 2.13 bits per heavy atom. The van der Waals surface area contributed by atoms with Gasteiger partial charge in [0.15, 0.2) is 5.78 Å². The molecule has 0 aromatic rings. The molecule has 0 aliphatic carbocycles. The van der Waals surface area contributed by atoms with Crippen LogP contribution in [0.25, 0.3) is 0 Å². The predicted molar refractivity (Wildman–Crippen MR) is 63.6 cm³/mol. The molecular formula is C13H23NO. The number of Topliss-reactive ketones (excluding diaryl/α,β-unsaturated/α-hetero) is 1. The third-order valence-corrected chi connectivity index (χ3v) is 3.17. The van der Waals surface area contributed by atoms with Crippen LogP contribution >= 0.6 is 0 Å². The summed E-state index contributed by atoms with van der Waals surface area (Å²) in [7, 11) is 0. The molecule has 0 N–H and O–H groups in total. The summed E-state index contributed by atoms with van der Waals surface area (Å²) in [6.07, 6.45) is 3.31. The van der Waals surface area contributed by atoms with Gasteiger partial charge in [0.25, 0.3) is 0 Å². The van der Waals surface area contributed by atoms with E-state index < -0.39 is 0 Å². The molecular weight excluding hydrogens is 186 g/mol. The molecule has 0 saturated carbocycles. The first-order valence-corrected chi connectivity index (χ1v) is 5.98. The number of ketones is 1. The largest absolute Gasteiger partial charge is 0.375 e. The quantitative estimate of drug-likeness (QED) is 0.709. The minimum atomic E-state index is 0.252. The molecule has 2 nitrogen and oxygen atoms in total. The van der Waals surface area contributed by atoms with Crippen LogP contribution in [0.3, 0.4) is 0 Å². The number of hydrogen-bond acceptors (Lipinski definition) is 2. The number of carbonyl (C=O) groups is 1. The Balaban J connectivity index is 2.65. The Morgan fingerprint density at radius 1 is 1.47 bits per heavy atom. The molecule has 1 aliphatic rings. The van der Waals surface area contributed by atoms with Crippen LogP contribution in [-0.2, 0) is 4.79 Å². The van der Waals surface area contributed by atoms with E-state index in [1.165, 1.54) is 12.1 Å². The summed E-state index contributed by atoms with van der Waals surface area (Å²) in [5.74, 6) is 0.988. The number of allylic oxidation sites excluding steroid dienone is 2. The lowest BCUT2D eigenvalue weighted by atomic mass is 9.99. The van der Waals surface area contributed by atoms with Crippen molar-refractivity contribution in [1.82, 2.24) is 4.90 Å². The van der Waals surface area contributed by atoms with E-state index >= 15 is 0 Å². The third-order valence-electron chi connectivity index (χ3n) is 3.17. The van der Waals surface area contributed by atoms with E-state index in [4.69, 9.17) is 0 Å². The topological polar surface area (TPSA) is 20.3 Å². The SMILES string of the molecule is CC(=O)C1=C(C)N(CCC(C)C)CCC1. The van der Waals surface area contributed by atoms with Crippen LogP contribution in [-0.4, -0.2) is 23.8 Å². The van der Waals surface area contributed by atoms with Crippen molar-refractivity contribution in [3.05, 3.63) is 11.3 Å². The second kappa shape index (κ2) is 5.34. The third kappa shape index (κ3) is 3.37. The first kappa shape index (κ1) is 12.3. The van der Waals surface area contributed by atoms with Gasteiger partial charge in [-0.3, -0.25) is 4.79 Å². The number of hydrogen-bond donors (Lipinski definition) is 0. The van der Waals surface area contributed by atoms with Crippen molar-refractivity contribution in [3.8, 4) is 0 Å². The van der Waals surface area contributed by atoms with Gasteiger partial charge in [-0.2, -0.15) is 0 Å². The van der Waals surface area contributed by atoms with Gasteiger partial charge in [-0.15, -0.1) is 0 Å². The monoisotopic (exact) mass is 209 g/mol. The molecule has 0 radical (unpaired) electrons. The van der Waals surface area contributed by atoms with Crippen molar-refractivity contribution >= 4 is 5.78 Å². The van der Waals surface area contributed by atoms with Crippen LogP contribution in [0.2, 0.25) is 0 Å². The summed E-state index contributed by atoms with van der Waals surface area (Å²) in [5.41, 5.74) is 2.26. The fourth-order valence-electron chi connectivity index (χ4n) is 2.11. The standard InChI is InChI=1S/C13H23NO/c1-10(2)7-9-14-8-5-6-13(11(14)3)12(4)15/h10H,5-9H2,1-4H3. The highest BCUT2D eigenvalue weighted by atomic mass is 16.1. The van der Waals surface area contributed by atoms with Crippen LogP contribution in [0.5, 0.6) is 0 Å². The van der Waals surface area contributed by atoms with Gasteiger partial charge >= 0.3 is 0 Å². The minimum Gasteiger partial charge on any atom is -0.375 e. The summed E-state index contributed by atoms with van der Waals surface area (Å²) >= 11 is 0. The normalized spacial score (nSPS) is 17.5. The summed E-state index contributed by atoms with van der Waals surface area (Å²) in [6.45, 7) is 10.5. The summed E-state index contributed by atoms with van der Waals surface area (Å²) in [5, 5.41) is 0. The fourth-order valence-corrected chi connectivity index (χ4v) is 2.11. The molecule has 86 valence electrons. The van der Waals surface area contributed by atoms with Gasteiger partial charge in [0.05, 0.1) is 0 Å². The maximum atomic E-state index is 11.4. The molecule has 15 heavy (non-hydrogen) atoms. The Morgan fingerprint density at radius 3 is 2.67 bits per heavy atom. The van der Waals surface area contributed by atoms with Crippen molar-refractivity contribution in [1.29, 1.82) is 0 Å². The highest BCUT2D eigenvalue weighted by Crippen LogP contribution is 2.23. The zero-order chi connectivity index (χ0) is 11.4. The van der Waals surface area contributed by atoms with Gasteiger partial charge in [-0.1, -0.05) is 13.8 Å². The lowest BCUT2D eigenvalue weighted by molar-refractivity contribution is -0.114. The van der Waals surface area contributed by atoms with Gasteiger partial charge in [-0.05, 0) is 39.0 Å². The second-order valence-electron chi connectivity index (χ2n) is 4.89. The lowest BCUT2D eigenvalue weighted by Crippen LogP contribution is -2.30. The van der Waals surface area contributed by atoms with Crippen LogP contribution in [0.15, 0.2) is 11.3 Å². The fraction of sp³-hybridized carbons (Fsp3) is 0.769. The first-order valence-electron chi connectivity index (χ1n) is 5.98. The van der Waals surface area contributed by atoms with Crippen LogP contribution in [0.1, 0.15) is 47.0 Å². The van der Waals surface area contributed by atoms with Gasteiger partial charge in [0.2, 0.25) is 0 Å². The van der Waals surface area contributed by atoms with E-state index in [9.17, 15) is 4.79 Å². The number of carbonyl (C=O) groups excluding carboxylic acids is 1. The maximum Gasteiger partial charge on any atom is 0.157 e. The van der Waals surface area contributed by atoms with E-state index in [2.05, 4.69) is 25.7 Å². The smallest absolute Gasteiger partial charge is 0.157 e. The van der Waals surface area contributed by atoms with E-state index in [0.29, 0.717) is 0 Å². The number of nitrogens with zero attached hydrogens (tertiary/aromatic N) is 1. The highest BCUT2D eigenvalue weighted by molar-refractivity contribution is 5.93. The molecule has 0 amide bonds. The zero-order valence-electron chi connectivity index (χ0n) is 10.5. The van der Waals surface area contributed by atoms with Crippen LogP contribution in [0, 0.1) is 5.92 Å². The van der Waals surface area contributed by atoms with E-state index in [1.807, 2.05) is 0 Å². The average Bonchev–Trinajstić information content (AvgIpc) is 2.15. The second-order valence-corrected chi connectivity index (χ2v) is 4.89. The Hall–Kier alpha value is -0.790. The highest BCUT2D eigenvalue weighted by Gasteiger charge is 2.18. The Labute approximate surface area is 93.3 Å². The molecule has 2 heteroatoms. The summed E-state index contributed by atoms with van der Waals surface area (Å²) in [6, 6.07) is 0. The molecule has 0 saturated heterocycles.